The number of nitrogens with one attached hydrogen (secondary N) is 2. The summed E-state index contributed by atoms with van der Waals surface area (Å²) in [4.78, 5) is 21.9. The van der Waals surface area contributed by atoms with Crippen LogP contribution in [0.5, 0.6) is 0 Å². The van der Waals surface area contributed by atoms with Gasteiger partial charge >= 0.3 is 0 Å². The van der Waals surface area contributed by atoms with Gasteiger partial charge < -0.3 is 29.6 Å². The number of amides is 1. The predicted octanol–water partition coefficient (Wildman–Crippen LogP) is 0.00360. The van der Waals surface area contributed by atoms with Crippen molar-refractivity contribution in [1.29, 1.82) is 0 Å². The Bertz CT molecular complexity index is 290. The zero-order chi connectivity index (χ0) is 18.5. The van der Waals surface area contributed by atoms with E-state index in [1.165, 1.54) is 6.92 Å². The number of ether oxygens (including phenoxy) is 4. The smallest absolute Gasteiger partial charge is 0.246 e. The quantitative estimate of drug-likeness (QED) is 0.378. The molecule has 8 nitrogen and oxygen atoms in total. The molecule has 0 unspecified atom stereocenters. The van der Waals surface area contributed by atoms with Crippen LogP contribution in [-0.2, 0) is 28.5 Å². The normalized spacial score (nSPS) is 10.0. The summed E-state index contributed by atoms with van der Waals surface area (Å²) in [7, 11) is 1.87. The number of rotatable bonds is 16. The van der Waals surface area contributed by atoms with Crippen molar-refractivity contribution in [3.8, 4) is 0 Å². The topological polar surface area (TPSA) is 95.1 Å². The van der Waals surface area contributed by atoms with E-state index in [9.17, 15) is 9.59 Å². The van der Waals surface area contributed by atoms with E-state index in [1.807, 2.05) is 20.9 Å². The van der Waals surface area contributed by atoms with Gasteiger partial charge in [-0.25, -0.2) is 0 Å². The summed E-state index contributed by atoms with van der Waals surface area (Å²) in [5.74, 6) is -0.372. The van der Waals surface area contributed by atoms with Crippen molar-refractivity contribution in [1.82, 2.24) is 10.6 Å². The minimum atomic E-state index is -0.264. The van der Waals surface area contributed by atoms with Crippen LogP contribution in [0.1, 0.15) is 20.8 Å². The first kappa shape index (κ1) is 25.2. The number of carbonyl (C=O) groups excluding carboxylic acids is 2. The van der Waals surface area contributed by atoms with Crippen molar-refractivity contribution in [2.45, 2.75) is 20.8 Å². The van der Waals surface area contributed by atoms with E-state index in [0.717, 1.165) is 6.54 Å². The van der Waals surface area contributed by atoms with Crippen LogP contribution in [0.25, 0.3) is 0 Å². The Morgan fingerprint density at radius 3 is 1.75 bits per heavy atom. The molecule has 0 bridgehead atoms. The largest absolute Gasteiger partial charge is 0.378 e. The summed E-state index contributed by atoms with van der Waals surface area (Å²) < 4.78 is 20.8. The third-order valence-electron chi connectivity index (χ3n) is 2.35. The molecule has 0 aliphatic carbocycles. The first-order chi connectivity index (χ1) is 11.7. The Kier molecular flexibility index (Phi) is 23.0. The van der Waals surface area contributed by atoms with Gasteiger partial charge in [-0.05, 0) is 14.0 Å². The first-order valence-electron chi connectivity index (χ1n) is 8.38. The lowest BCUT2D eigenvalue weighted by atomic mass is 10.5. The second-order valence-electron chi connectivity index (χ2n) is 4.49. The van der Waals surface area contributed by atoms with Gasteiger partial charge in [-0.15, -0.1) is 0 Å². The summed E-state index contributed by atoms with van der Waals surface area (Å²) >= 11 is 0. The molecule has 0 atom stereocenters. The first-order valence-corrected chi connectivity index (χ1v) is 8.38. The van der Waals surface area contributed by atoms with Gasteiger partial charge in [0.2, 0.25) is 5.91 Å². The van der Waals surface area contributed by atoms with Gasteiger partial charge in [-0.1, -0.05) is 13.8 Å². The summed E-state index contributed by atoms with van der Waals surface area (Å²) in [6.07, 6.45) is 0. The maximum atomic E-state index is 11.3. The minimum absolute atomic E-state index is 0.0417. The molecule has 0 spiro atoms. The summed E-state index contributed by atoms with van der Waals surface area (Å²) in [5, 5.41) is 5.60. The van der Waals surface area contributed by atoms with Crippen molar-refractivity contribution in [3.63, 3.8) is 0 Å². The molecule has 0 radical (unpaired) electrons. The van der Waals surface area contributed by atoms with E-state index in [-0.39, 0.29) is 24.9 Å². The zero-order valence-corrected chi connectivity index (χ0v) is 15.5. The fourth-order valence-electron chi connectivity index (χ4n) is 1.32. The molecule has 0 rings (SSSR count). The van der Waals surface area contributed by atoms with Crippen LogP contribution in [-0.4, -0.2) is 84.7 Å². The lowest BCUT2D eigenvalue weighted by Crippen LogP contribution is -2.31. The van der Waals surface area contributed by atoms with E-state index in [1.54, 1.807) is 0 Å². The fraction of sp³-hybridized carbons (Fsp3) is 0.875. The molecule has 0 aromatic carbocycles. The summed E-state index contributed by atoms with van der Waals surface area (Å²) in [6, 6.07) is 0. The van der Waals surface area contributed by atoms with Crippen molar-refractivity contribution < 1.29 is 28.5 Å². The van der Waals surface area contributed by atoms with Gasteiger partial charge in [0.05, 0.1) is 39.6 Å². The number of carbonyl (C=O) groups is 2. The molecule has 0 aliphatic rings. The lowest BCUT2D eigenvalue weighted by Gasteiger charge is -2.08. The van der Waals surface area contributed by atoms with E-state index < -0.39 is 0 Å². The van der Waals surface area contributed by atoms with E-state index in [0.29, 0.717) is 46.2 Å². The molecular weight excluding hydrogens is 316 g/mol. The molecule has 0 aliphatic heterocycles. The highest BCUT2D eigenvalue weighted by Gasteiger charge is 2.01. The molecule has 2 N–H and O–H groups in total. The monoisotopic (exact) mass is 350 g/mol. The van der Waals surface area contributed by atoms with Crippen LogP contribution in [0.4, 0.5) is 0 Å². The van der Waals surface area contributed by atoms with E-state index >= 15 is 0 Å². The van der Waals surface area contributed by atoms with Crippen molar-refractivity contribution >= 4 is 11.7 Å². The average molecular weight is 350 g/mol. The summed E-state index contributed by atoms with van der Waals surface area (Å²) in [6.45, 7) is 9.61. The fourth-order valence-corrected chi connectivity index (χ4v) is 1.32. The predicted molar refractivity (Wildman–Crippen MR) is 92.2 cm³/mol. The third kappa shape index (κ3) is 23.2. The molecule has 0 saturated heterocycles. The maximum Gasteiger partial charge on any atom is 0.246 e. The number of likely N-dealkylation sites (N-methyl/N-ethyl adjacent to an activating group) is 1. The molecular formula is C16H34N2O6. The molecule has 0 aromatic rings. The second-order valence-corrected chi connectivity index (χ2v) is 4.49. The average Bonchev–Trinajstić information content (AvgIpc) is 2.57. The SMILES string of the molecule is CC.CNCCOCCOCCOCCNC(=O)COCC(C)=O. The molecule has 0 aromatic heterocycles. The van der Waals surface area contributed by atoms with Gasteiger partial charge in [0.25, 0.3) is 0 Å². The van der Waals surface area contributed by atoms with E-state index in [2.05, 4.69) is 10.6 Å². The Balaban J connectivity index is 0. The highest BCUT2D eigenvalue weighted by Crippen LogP contribution is 1.81. The van der Waals surface area contributed by atoms with Crippen molar-refractivity contribution in [2.75, 3.05) is 73.0 Å². The van der Waals surface area contributed by atoms with Gasteiger partial charge in [-0.2, -0.15) is 0 Å². The highest BCUT2D eigenvalue weighted by atomic mass is 16.5. The molecule has 8 heteroatoms. The molecule has 0 saturated carbocycles. The second kappa shape index (κ2) is 21.9. The van der Waals surface area contributed by atoms with Gasteiger partial charge in [0.15, 0.2) is 5.78 Å². The Morgan fingerprint density at radius 1 is 0.750 bits per heavy atom. The van der Waals surface area contributed by atoms with Crippen LogP contribution >= 0.6 is 0 Å². The molecule has 0 heterocycles. The van der Waals surface area contributed by atoms with Crippen molar-refractivity contribution in [3.05, 3.63) is 0 Å². The Hall–Kier alpha value is -1.06. The van der Waals surface area contributed by atoms with Crippen LogP contribution in [0, 0.1) is 0 Å². The van der Waals surface area contributed by atoms with Gasteiger partial charge in [-0.3, -0.25) is 9.59 Å². The lowest BCUT2D eigenvalue weighted by molar-refractivity contribution is -0.129. The van der Waals surface area contributed by atoms with Crippen molar-refractivity contribution in [2.24, 2.45) is 0 Å². The third-order valence-corrected chi connectivity index (χ3v) is 2.35. The minimum Gasteiger partial charge on any atom is -0.378 e. The van der Waals surface area contributed by atoms with Crippen LogP contribution in [0.15, 0.2) is 0 Å². The van der Waals surface area contributed by atoms with E-state index in [4.69, 9.17) is 18.9 Å². The van der Waals surface area contributed by atoms with Gasteiger partial charge in [0.1, 0.15) is 13.2 Å². The summed E-state index contributed by atoms with van der Waals surface area (Å²) in [5.41, 5.74) is 0. The highest BCUT2D eigenvalue weighted by molar-refractivity contribution is 5.79. The number of ketones is 1. The molecule has 24 heavy (non-hydrogen) atoms. The molecule has 144 valence electrons. The molecule has 1 amide bonds. The van der Waals surface area contributed by atoms with Crippen LogP contribution < -0.4 is 10.6 Å². The number of Topliss-reactive ketones (excluding diaryl/α,β-unsaturated/α-hetero) is 1. The van der Waals surface area contributed by atoms with Gasteiger partial charge in [0, 0.05) is 13.1 Å². The zero-order valence-electron chi connectivity index (χ0n) is 15.5. The number of hydrogen-bond donors (Lipinski definition) is 2. The molecule has 0 fully saturated rings. The van der Waals surface area contributed by atoms with Crippen LogP contribution in [0.2, 0.25) is 0 Å². The maximum absolute atomic E-state index is 11.3. The number of hydrogen-bond acceptors (Lipinski definition) is 7. The standard InChI is InChI=1S/C14H28N2O6.C2H6/c1-13(17)11-22-12-14(18)16-4-6-20-8-10-21-9-7-19-5-3-15-2;1-2/h15H,3-12H2,1-2H3,(H,16,18);1-2H3. The Labute approximate surface area is 145 Å². The Morgan fingerprint density at radius 2 is 1.25 bits per heavy atom. The van der Waals surface area contributed by atoms with Crippen LogP contribution in [0.3, 0.4) is 0 Å².